The van der Waals surface area contributed by atoms with Crippen LogP contribution in [0.4, 0.5) is 0 Å². The van der Waals surface area contributed by atoms with Crippen molar-refractivity contribution in [1.82, 2.24) is 19.8 Å². The lowest BCUT2D eigenvalue weighted by atomic mass is 10.2. The molecule has 1 saturated heterocycles. The summed E-state index contributed by atoms with van der Waals surface area (Å²) in [5, 5.41) is 1.97. The molecule has 10 nitrogen and oxygen atoms in total. The molecule has 0 amide bonds. The number of benzene rings is 2. The molecule has 38 heavy (non-hydrogen) atoms. The van der Waals surface area contributed by atoms with Gasteiger partial charge in [-0.15, -0.1) is 0 Å². The van der Waals surface area contributed by atoms with E-state index in [1.165, 1.54) is 0 Å². The summed E-state index contributed by atoms with van der Waals surface area (Å²) in [5.41, 5.74) is 4.20. The monoisotopic (exact) mass is 524 g/mol. The highest BCUT2D eigenvalue weighted by Crippen LogP contribution is 2.44. The molecule has 2 aromatic carbocycles. The van der Waals surface area contributed by atoms with E-state index >= 15 is 0 Å². The van der Waals surface area contributed by atoms with Crippen molar-refractivity contribution in [3.63, 3.8) is 0 Å². The fraction of sp³-hybridized carbons (Fsp3) is 0.429. The number of piperazine rings is 1. The van der Waals surface area contributed by atoms with E-state index in [0.29, 0.717) is 34.5 Å². The van der Waals surface area contributed by atoms with Crippen LogP contribution >= 0.6 is 0 Å². The van der Waals surface area contributed by atoms with Gasteiger partial charge in [-0.2, -0.15) is 0 Å². The van der Waals surface area contributed by atoms with Gasteiger partial charge in [0.2, 0.25) is 11.5 Å². The molecule has 1 aliphatic heterocycles. The molecule has 204 valence electrons. The minimum atomic E-state index is 0.605. The van der Waals surface area contributed by atoms with Crippen molar-refractivity contribution in [3.05, 3.63) is 35.7 Å². The number of aromatic amines is 2. The van der Waals surface area contributed by atoms with Crippen molar-refractivity contribution in [3.8, 4) is 34.5 Å². The number of methoxy groups -OCH3 is 6. The number of nitrogens with one attached hydrogen (secondary N) is 2. The highest BCUT2D eigenvalue weighted by molar-refractivity contribution is 5.92. The van der Waals surface area contributed by atoms with Crippen LogP contribution in [0.15, 0.2) is 24.3 Å². The molecular weight excluding hydrogens is 488 g/mol. The number of hydrogen-bond acceptors (Lipinski definition) is 8. The van der Waals surface area contributed by atoms with E-state index in [2.05, 4.69) is 31.9 Å². The van der Waals surface area contributed by atoms with E-state index < -0.39 is 0 Å². The third-order valence-electron chi connectivity index (χ3n) is 7.22. The van der Waals surface area contributed by atoms with E-state index in [-0.39, 0.29) is 0 Å². The standard InChI is InChI=1S/C28H36N4O6/c1-33-23-13-21-19(25(35-3)27(23)37-5)11-17(29-21)15-31-7-9-32(10-8-31)16-18-12-20-22(30-18)14-24(34-2)28(38-6)26(20)36-4/h11-14,29-30H,7-10,15-16H2,1-6H3. The Balaban J connectivity index is 1.26. The summed E-state index contributed by atoms with van der Waals surface area (Å²) in [6.07, 6.45) is 0. The maximum absolute atomic E-state index is 5.66. The number of ether oxygens (including phenoxy) is 6. The van der Waals surface area contributed by atoms with Crippen LogP contribution < -0.4 is 28.4 Å². The van der Waals surface area contributed by atoms with Crippen molar-refractivity contribution < 1.29 is 28.4 Å². The average molecular weight is 525 g/mol. The number of nitrogens with zero attached hydrogens (tertiary/aromatic N) is 2. The highest BCUT2D eigenvalue weighted by Gasteiger charge is 2.22. The Kier molecular flexibility index (Phi) is 7.44. The first kappa shape index (κ1) is 25.9. The van der Waals surface area contributed by atoms with E-state index in [4.69, 9.17) is 28.4 Å². The van der Waals surface area contributed by atoms with Gasteiger partial charge in [0.15, 0.2) is 23.0 Å². The van der Waals surface area contributed by atoms with Gasteiger partial charge in [-0.05, 0) is 12.1 Å². The third-order valence-corrected chi connectivity index (χ3v) is 7.22. The van der Waals surface area contributed by atoms with Gasteiger partial charge in [0.25, 0.3) is 0 Å². The molecule has 2 N–H and O–H groups in total. The lowest BCUT2D eigenvalue weighted by molar-refractivity contribution is 0.120. The van der Waals surface area contributed by atoms with E-state index in [9.17, 15) is 0 Å². The predicted octanol–water partition coefficient (Wildman–Crippen LogP) is 4.02. The Bertz CT molecular complexity index is 1310. The van der Waals surface area contributed by atoms with E-state index in [0.717, 1.165) is 72.5 Å². The van der Waals surface area contributed by atoms with Gasteiger partial charge >= 0.3 is 0 Å². The summed E-state index contributed by atoms with van der Waals surface area (Å²) in [6, 6.07) is 8.20. The second kappa shape index (κ2) is 10.9. The minimum absolute atomic E-state index is 0.605. The number of aromatic nitrogens is 2. The topological polar surface area (TPSA) is 93.4 Å². The molecule has 0 spiro atoms. The van der Waals surface area contributed by atoms with Crippen molar-refractivity contribution in [2.24, 2.45) is 0 Å². The molecule has 0 unspecified atom stereocenters. The lowest BCUT2D eigenvalue weighted by Gasteiger charge is -2.34. The van der Waals surface area contributed by atoms with Crippen molar-refractivity contribution in [1.29, 1.82) is 0 Å². The molecular formula is C28H36N4O6. The fourth-order valence-corrected chi connectivity index (χ4v) is 5.37. The Morgan fingerprint density at radius 3 is 1.21 bits per heavy atom. The Labute approximate surface area is 222 Å². The van der Waals surface area contributed by atoms with Crippen LogP contribution in [0, 0.1) is 0 Å². The zero-order valence-corrected chi connectivity index (χ0v) is 22.9. The molecule has 0 atom stereocenters. The first-order valence-electron chi connectivity index (χ1n) is 12.6. The van der Waals surface area contributed by atoms with Gasteiger partial charge in [-0.25, -0.2) is 0 Å². The second-order valence-electron chi connectivity index (χ2n) is 9.35. The molecule has 1 aliphatic rings. The van der Waals surface area contributed by atoms with Gasteiger partial charge in [-0.1, -0.05) is 0 Å². The number of rotatable bonds is 10. The second-order valence-corrected chi connectivity index (χ2v) is 9.35. The molecule has 0 bridgehead atoms. The van der Waals surface area contributed by atoms with Gasteiger partial charge in [0, 0.05) is 73.6 Å². The summed E-state index contributed by atoms with van der Waals surface area (Å²) in [7, 11) is 9.81. The van der Waals surface area contributed by atoms with Crippen LogP contribution in [0.25, 0.3) is 21.8 Å². The molecule has 3 heterocycles. The highest BCUT2D eigenvalue weighted by atomic mass is 16.5. The summed E-state index contributed by atoms with van der Waals surface area (Å²) in [4.78, 5) is 12.0. The van der Waals surface area contributed by atoms with Crippen molar-refractivity contribution >= 4 is 21.8 Å². The summed E-state index contributed by atoms with van der Waals surface area (Å²) in [5.74, 6) is 3.86. The average Bonchev–Trinajstić information content (AvgIpc) is 3.54. The molecule has 4 aromatic rings. The molecule has 0 radical (unpaired) electrons. The van der Waals surface area contributed by atoms with Crippen LogP contribution in [0.3, 0.4) is 0 Å². The summed E-state index contributed by atoms with van der Waals surface area (Å²) < 4.78 is 33.4. The van der Waals surface area contributed by atoms with Crippen molar-refractivity contribution in [2.75, 3.05) is 68.8 Å². The van der Waals surface area contributed by atoms with Gasteiger partial charge in [-0.3, -0.25) is 9.80 Å². The minimum Gasteiger partial charge on any atom is -0.493 e. The Morgan fingerprint density at radius 1 is 0.526 bits per heavy atom. The Morgan fingerprint density at radius 2 is 0.895 bits per heavy atom. The molecule has 2 aromatic heterocycles. The summed E-state index contributed by atoms with van der Waals surface area (Å²) >= 11 is 0. The Hall–Kier alpha value is -3.76. The predicted molar refractivity (Wildman–Crippen MR) is 146 cm³/mol. The zero-order valence-electron chi connectivity index (χ0n) is 22.9. The SMILES string of the molecule is COc1cc2[nH]c(CN3CCN(Cc4cc5c(OC)c(OC)c(OC)cc5[nH]4)CC3)cc2c(OC)c1OC. The fourth-order valence-electron chi connectivity index (χ4n) is 5.37. The van der Waals surface area contributed by atoms with Gasteiger partial charge < -0.3 is 38.4 Å². The summed E-state index contributed by atoms with van der Waals surface area (Å²) in [6.45, 7) is 5.57. The maximum Gasteiger partial charge on any atom is 0.204 e. The van der Waals surface area contributed by atoms with Crippen molar-refractivity contribution in [2.45, 2.75) is 13.1 Å². The smallest absolute Gasteiger partial charge is 0.204 e. The van der Waals surface area contributed by atoms with Crippen LogP contribution in [0.1, 0.15) is 11.4 Å². The zero-order chi connectivity index (χ0) is 26.8. The molecule has 10 heteroatoms. The van der Waals surface area contributed by atoms with Crippen LogP contribution in [-0.2, 0) is 13.1 Å². The normalized spacial score (nSPS) is 14.7. The van der Waals surface area contributed by atoms with Crippen LogP contribution in [0.2, 0.25) is 0 Å². The molecule has 0 saturated carbocycles. The quantitative estimate of drug-likeness (QED) is 0.321. The first-order valence-corrected chi connectivity index (χ1v) is 12.6. The van der Waals surface area contributed by atoms with Gasteiger partial charge in [0.05, 0.1) is 53.7 Å². The maximum atomic E-state index is 5.66. The number of H-pyrrole nitrogens is 2. The van der Waals surface area contributed by atoms with Gasteiger partial charge in [0.1, 0.15) is 0 Å². The first-order chi connectivity index (χ1) is 18.5. The largest absolute Gasteiger partial charge is 0.493 e. The number of fused-ring (bicyclic) bond motifs is 2. The number of hydrogen-bond donors (Lipinski definition) is 2. The third kappa shape index (κ3) is 4.65. The van der Waals surface area contributed by atoms with E-state index in [1.807, 2.05) is 12.1 Å². The molecule has 5 rings (SSSR count). The van der Waals surface area contributed by atoms with Crippen LogP contribution in [-0.4, -0.2) is 88.6 Å². The lowest BCUT2D eigenvalue weighted by Crippen LogP contribution is -2.45. The van der Waals surface area contributed by atoms with Crippen LogP contribution in [0.5, 0.6) is 34.5 Å². The van der Waals surface area contributed by atoms with E-state index in [1.54, 1.807) is 42.7 Å². The molecule has 0 aliphatic carbocycles. The molecule has 1 fully saturated rings.